The molecule has 1 aliphatic rings. The van der Waals surface area contributed by atoms with Crippen molar-refractivity contribution in [1.29, 1.82) is 0 Å². The zero-order chi connectivity index (χ0) is 16.5. The summed E-state index contributed by atoms with van der Waals surface area (Å²) in [6.07, 6.45) is 5.58. The highest BCUT2D eigenvalue weighted by atomic mass is 32.1. The van der Waals surface area contributed by atoms with E-state index in [1.54, 1.807) is 17.5 Å². The number of rotatable bonds is 3. The van der Waals surface area contributed by atoms with Crippen molar-refractivity contribution >= 4 is 17.2 Å². The Balaban J connectivity index is 1.58. The molecule has 3 aromatic heterocycles. The van der Waals surface area contributed by atoms with Crippen LogP contribution in [0.3, 0.4) is 0 Å². The van der Waals surface area contributed by atoms with Gasteiger partial charge < -0.3 is 4.90 Å². The first-order valence-corrected chi connectivity index (χ1v) is 8.87. The Morgan fingerprint density at radius 1 is 1.38 bits per heavy atom. The molecule has 4 rings (SSSR count). The number of hydrogen-bond donors (Lipinski definition) is 1. The van der Waals surface area contributed by atoms with Gasteiger partial charge in [0.25, 0.3) is 5.91 Å². The third-order valence-corrected chi connectivity index (χ3v) is 5.42. The van der Waals surface area contributed by atoms with Crippen LogP contribution < -0.4 is 0 Å². The van der Waals surface area contributed by atoms with Crippen molar-refractivity contribution in [3.8, 4) is 10.6 Å². The molecule has 122 valence electrons. The molecule has 4 heterocycles. The minimum absolute atomic E-state index is 0.0165. The Kier molecular flexibility index (Phi) is 3.90. The van der Waals surface area contributed by atoms with Gasteiger partial charge in [0.05, 0.1) is 16.6 Å². The van der Waals surface area contributed by atoms with Crippen molar-refractivity contribution in [2.45, 2.75) is 25.8 Å². The Hall–Kier alpha value is -2.47. The zero-order valence-electron chi connectivity index (χ0n) is 13.4. The number of aromatic nitrogens is 3. The number of H-pyrrole nitrogens is 1. The fourth-order valence-electron chi connectivity index (χ4n) is 3.21. The Morgan fingerprint density at radius 2 is 2.29 bits per heavy atom. The van der Waals surface area contributed by atoms with Crippen LogP contribution in [0.25, 0.3) is 10.6 Å². The topological polar surface area (TPSA) is 61.9 Å². The summed E-state index contributed by atoms with van der Waals surface area (Å²) in [5.74, 6) is -0.0165. The maximum atomic E-state index is 12.9. The maximum absolute atomic E-state index is 12.9. The summed E-state index contributed by atoms with van der Waals surface area (Å²) in [5, 5.41) is 7.24. The van der Waals surface area contributed by atoms with Crippen molar-refractivity contribution in [2.24, 2.45) is 0 Å². The highest BCUT2D eigenvalue weighted by Crippen LogP contribution is 2.33. The molecular formula is C18H18N4OS. The number of carbonyl (C=O) groups is 1. The van der Waals surface area contributed by atoms with Crippen LogP contribution in [0.5, 0.6) is 0 Å². The van der Waals surface area contributed by atoms with Crippen molar-refractivity contribution in [3.05, 3.63) is 58.9 Å². The molecule has 0 spiro atoms. The number of likely N-dealkylation sites (tertiary alicyclic amines) is 1. The molecule has 0 bridgehead atoms. The lowest BCUT2D eigenvalue weighted by molar-refractivity contribution is 0.0729. The summed E-state index contributed by atoms with van der Waals surface area (Å²) < 4.78 is 0. The van der Waals surface area contributed by atoms with Crippen molar-refractivity contribution in [3.63, 3.8) is 0 Å². The fraction of sp³-hybridized carbons (Fsp3) is 0.278. The predicted octanol–water partition coefficient (Wildman–Crippen LogP) is 3.82. The molecule has 5 nitrogen and oxygen atoms in total. The van der Waals surface area contributed by atoms with E-state index < -0.39 is 0 Å². The van der Waals surface area contributed by atoms with Gasteiger partial charge in [-0.25, -0.2) is 0 Å². The lowest BCUT2D eigenvalue weighted by Gasteiger charge is -2.23. The number of hydrogen-bond acceptors (Lipinski definition) is 4. The molecule has 1 saturated heterocycles. The minimum Gasteiger partial charge on any atom is -0.330 e. The van der Waals surface area contributed by atoms with Crippen LogP contribution in [0, 0.1) is 6.92 Å². The molecule has 0 radical (unpaired) electrons. The lowest BCUT2D eigenvalue weighted by atomic mass is 10.1. The van der Waals surface area contributed by atoms with Gasteiger partial charge in [0.15, 0.2) is 5.69 Å². The van der Waals surface area contributed by atoms with Gasteiger partial charge in [-0.1, -0.05) is 6.07 Å². The molecule has 6 heteroatoms. The second-order valence-corrected chi connectivity index (χ2v) is 7.31. The lowest BCUT2D eigenvalue weighted by Crippen LogP contribution is -2.30. The second-order valence-electron chi connectivity index (χ2n) is 6.02. The van der Waals surface area contributed by atoms with E-state index in [1.807, 2.05) is 29.3 Å². The maximum Gasteiger partial charge on any atom is 0.274 e. The van der Waals surface area contributed by atoms with Crippen LogP contribution in [-0.4, -0.2) is 32.5 Å². The molecule has 24 heavy (non-hydrogen) atoms. The molecule has 3 aromatic rings. The largest absolute Gasteiger partial charge is 0.330 e. The van der Waals surface area contributed by atoms with Gasteiger partial charge in [0.1, 0.15) is 0 Å². The fourth-order valence-corrected chi connectivity index (χ4v) is 4.05. The third-order valence-electron chi connectivity index (χ3n) is 4.39. The number of aryl methyl sites for hydroxylation is 1. The number of nitrogens with zero attached hydrogens (tertiary/aromatic N) is 3. The predicted molar refractivity (Wildman–Crippen MR) is 93.9 cm³/mol. The first-order chi connectivity index (χ1) is 11.7. The van der Waals surface area contributed by atoms with E-state index in [0.717, 1.165) is 35.5 Å². The standard InChI is InChI=1S/C18H18N4OS/c1-12-6-7-17(24-12)14-10-15(21-20-14)18(23)22-9-3-5-16(22)13-4-2-8-19-11-13/h2,4,6-8,10-11,16H,3,5,9H2,1H3,(H,20,21). The summed E-state index contributed by atoms with van der Waals surface area (Å²) in [6.45, 7) is 2.83. The van der Waals surface area contributed by atoms with E-state index in [9.17, 15) is 4.79 Å². The summed E-state index contributed by atoms with van der Waals surface area (Å²) in [5.41, 5.74) is 2.47. The smallest absolute Gasteiger partial charge is 0.274 e. The normalized spacial score (nSPS) is 17.4. The summed E-state index contributed by atoms with van der Waals surface area (Å²) in [7, 11) is 0. The molecule has 1 N–H and O–H groups in total. The third kappa shape index (κ3) is 2.73. The molecule has 1 amide bonds. The van der Waals surface area contributed by atoms with E-state index >= 15 is 0 Å². The number of carbonyl (C=O) groups excluding carboxylic acids is 1. The van der Waals surface area contributed by atoms with E-state index in [4.69, 9.17) is 0 Å². The average Bonchev–Trinajstić information content (AvgIpc) is 3.35. The van der Waals surface area contributed by atoms with E-state index in [-0.39, 0.29) is 11.9 Å². The Labute approximate surface area is 144 Å². The summed E-state index contributed by atoms with van der Waals surface area (Å²) in [6, 6.07) is 10.0. The summed E-state index contributed by atoms with van der Waals surface area (Å²) >= 11 is 1.69. The van der Waals surface area contributed by atoms with Crippen LogP contribution in [0.1, 0.15) is 39.8 Å². The average molecular weight is 338 g/mol. The number of amides is 1. The van der Waals surface area contributed by atoms with Gasteiger partial charge in [-0.05, 0) is 49.6 Å². The highest BCUT2D eigenvalue weighted by molar-refractivity contribution is 7.15. The monoisotopic (exact) mass is 338 g/mol. The van der Waals surface area contributed by atoms with Gasteiger partial charge >= 0.3 is 0 Å². The first kappa shape index (κ1) is 15.1. The summed E-state index contributed by atoms with van der Waals surface area (Å²) in [4.78, 5) is 21.3. The van der Waals surface area contributed by atoms with Crippen molar-refractivity contribution in [1.82, 2.24) is 20.1 Å². The van der Waals surface area contributed by atoms with Crippen molar-refractivity contribution < 1.29 is 4.79 Å². The van der Waals surface area contributed by atoms with E-state index in [1.165, 1.54) is 4.88 Å². The molecule has 0 aromatic carbocycles. The number of thiophene rings is 1. The molecule has 1 atom stereocenters. The van der Waals surface area contributed by atoms with Gasteiger partial charge in [-0.15, -0.1) is 11.3 Å². The first-order valence-electron chi connectivity index (χ1n) is 8.05. The van der Waals surface area contributed by atoms with Crippen LogP contribution in [0.4, 0.5) is 0 Å². The van der Waals surface area contributed by atoms with Gasteiger partial charge in [0, 0.05) is 23.8 Å². The second kappa shape index (κ2) is 6.20. The molecule has 0 saturated carbocycles. The van der Waals surface area contributed by atoms with Gasteiger partial charge in [-0.3, -0.25) is 14.9 Å². The van der Waals surface area contributed by atoms with E-state index in [0.29, 0.717) is 5.69 Å². The highest BCUT2D eigenvalue weighted by Gasteiger charge is 2.31. The number of pyridine rings is 1. The van der Waals surface area contributed by atoms with Gasteiger partial charge in [-0.2, -0.15) is 5.10 Å². The minimum atomic E-state index is -0.0165. The van der Waals surface area contributed by atoms with Crippen LogP contribution >= 0.6 is 11.3 Å². The SMILES string of the molecule is Cc1ccc(-c2cc(C(=O)N3CCCC3c3cccnc3)n[nH]2)s1. The van der Waals surface area contributed by atoms with Crippen LogP contribution in [0.2, 0.25) is 0 Å². The zero-order valence-corrected chi connectivity index (χ0v) is 14.2. The molecule has 1 unspecified atom stereocenters. The molecule has 0 aliphatic carbocycles. The van der Waals surface area contributed by atoms with Gasteiger partial charge in [0.2, 0.25) is 0 Å². The Morgan fingerprint density at radius 3 is 3.04 bits per heavy atom. The molecular weight excluding hydrogens is 320 g/mol. The van der Waals surface area contributed by atoms with Crippen LogP contribution in [0.15, 0.2) is 42.7 Å². The van der Waals surface area contributed by atoms with Crippen molar-refractivity contribution in [2.75, 3.05) is 6.54 Å². The van der Waals surface area contributed by atoms with E-state index in [2.05, 4.69) is 34.2 Å². The molecule has 1 aliphatic heterocycles. The Bertz CT molecular complexity index is 855. The number of aromatic amines is 1. The number of nitrogens with one attached hydrogen (secondary N) is 1. The quantitative estimate of drug-likeness (QED) is 0.790. The van der Waals surface area contributed by atoms with Crippen LogP contribution in [-0.2, 0) is 0 Å². The molecule has 1 fully saturated rings.